The fourth-order valence-corrected chi connectivity index (χ4v) is 8.50. The lowest BCUT2D eigenvalue weighted by atomic mass is 10.0. The molecule has 0 amide bonds. The summed E-state index contributed by atoms with van der Waals surface area (Å²) < 4.78 is 33.6. The van der Waals surface area contributed by atoms with Crippen LogP contribution in [0.4, 0.5) is 0 Å². The van der Waals surface area contributed by atoms with Gasteiger partial charge in [0, 0.05) is 19.6 Å². The fourth-order valence-electron chi connectivity index (χ4n) is 7.74. The first kappa shape index (κ1) is 60.0. The van der Waals surface area contributed by atoms with Crippen molar-refractivity contribution in [2.45, 2.75) is 270 Å². The van der Waals surface area contributed by atoms with Crippen molar-refractivity contribution >= 4 is 13.8 Å². The van der Waals surface area contributed by atoms with Crippen LogP contribution in [0, 0.1) is 0 Å². The average Bonchev–Trinajstić information content (AvgIpc) is 3.25. The zero-order valence-corrected chi connectivity index (χ0v) is 41.3. The quantitative estimate of drug-likeness (QED) is 0.0268. The number of carbonyl (C=O) groups is 1. The SMILES string of the molecule is CCCCCCC/C=C\C/C=C\CCCCCCCCCCCCCCOCC(COP(=O)(O)OCCN)OC(=O)CCCCCCCCCCCCCCCCCCCC. The molecule has 2 unspecified atom stereocenters. The van der Waals surface area contributed by atoms with Gasteiger partial charge in [0.25, 0.3) is 0 Å². The van der Waals surface area contributed by atoms with Crippen molar-refractivity contribution in [1.29, 1.82) is 0 Å². The largest absolute Gasteiger partial charge is 0.472 e. The van der Waals surface area contributed by atoms with Crippen LogP contribution in [0.3, 0.4) is 0 Å². The summed E-state index contributed by atoms with van der Waals surface area (Å²) >= 11 is 0. The third kappa shape index (κ3) is 49.8. The van der Waals surface area contributed by atoms with Gasteiger partial charge >= 0.3 is 13.8 Å². The predicted molar refractivity (Wildman–Crippen MR) is 261 cm³/mol. The summed E-state index contributed by atoms with van der Waals surface area (Å²) in [5.41, 5.74) is 5.39. The van der Waals surface area contributed by atoms with Crippen LogP contribution >= 0.6 is 7.82 Å². The minimum absolute atomic E-state index is 0.0929. The molecule has 0 bridgehead atoms. The van der Waals surface area contributed by atoms with Gasteiger partial charge in [-0.1, -0.05) is 237 Å². The van der Waals surface area contributed by atoms with Gasteiger partial charge in [-0.05, 0) is 44.9 Å². The topological polar surface area (TPSA) is 117 Å². The monoisotopic (exact) mass is 884 g/mol. The van der Waals surface area contributed by atoms with Crippen molar-refractivity contribution in [3.8, 4) is 0 Å². The third-order valence-electron chi connectivity index (χ3n) is 11.6. The number of ether oxygens (including phenoxy) is 2. The van der Waals surface area contributed by atoms with E-state index in [-0.39, 0.29) is 32.3 Å². The Morgan fingerprint density at radius 2 is 0.869 bits per heavy atom. The van der Waals surface area contributed by atoms with E-state index in [9.17, 15) is 14.3 Å². The van der Waals surface area contributed by atoms with Gasteiger partial charge in [-0.25, -0.2) is 4.57 Å². The predicted octanol–water partition coefficient (Wildman–Crippen LogP) is 16.4. The Hall–Kier alpha value is -1.02. The maximum absolute atomic E-state index is 12.7. The lowest BCUT2D eigenvalue weighted by Gasteiger charge is -2.20. The zero-order chi connectivity index (χ0) is 44.4. The average molecular weight is 884 g/mol. The normalized spacial score (nSPS) is 13.4. The molecule has 0 aromatic heterocycles. The number of nitrogens with two attached hydrogens (primary N) is 1. The molecule has 0 saturated carbocycles. The van der Waals surface area contributed by atoms with E-state index in [4.69, 9.17) is 24.3 Å². The Bertz CT molecular complexity index is 993. The van der Waals surface area contributed by atoms with E-state index in [2.05, 4.69) is 38.2 Å². The molecule has 0 radical (unpaired) electrons. The third-order valence-corrected chi connectivity index (χ3v) is 12.6. The molecular weight excluding hydrogens is 782 g/mol. The second-order valence-corrected chi connectivity index (χ2v) is 19.2. The Morgan fingerprint density at radius 3 is 1.28 bits per heavy atom. The highest BCUT2D eigenvalue weighted by molar-refractivity contribution is 7.47. The first-order valence-electron chi connectivity index (χ1n) is 26.3. The van der Waals surface area contributed by atoms with Gasteiger partial charge in [0.2, 0.25) is 0 Å². The van der Waals surface area contributed by atoms with Crippen LogP contribution in [0.5, 0.6) is 0 Å². The van der Waals surface area contributed by atoms with Crippen molar-refractivity contribution in [2.24, 2.45) is 5.73 Å². The highest BCUT2D eigenvalue weighted by Crippen LogP contribution is 2.43. The van der Waals surface area contributed by atoms with Crippen molar-refractivity contribution in [2.75, 3.05) is 33.0 Å². The van der Waals surface area contributed by atoms with Crippen molar-refractivity contribution < 1.29 is 32.8 Å². The van der Waals surface area contributed by atoms with Gasteiger partial charge in [-0.2, -0.15) is 0 Å². The summed E-state index contributed by atoms with van der Waals surface area (Å²) in [6, 6.07) is 0. The minimum atomic E-state index is -4.28. The molecule has 0 saturated heterocycles. The summed E-state index contributed by atoms with van der Waals surface area (Å²) in [6.07, 6.45) is 57.8. The highest BCUT2D eigenvalue weighted by Gasteiger charge is 2.25. The summed E-state index contributed by atoms with van der Waals surface area (Å²) in [5, 5.41) is 0. The maximum atomic E-state index is 12.7. The van der Waals surface area contributed by atoms with Gasteiger partial charge in [0.1, 0.15) is 6.10 Å². The van der Waals surface area contributed by atoms with Gasteiger partial charge in [-0.15, -0.1) is 0 Å². The molecule has 2 atom stereocenters. The van der Waals surface area contributed by atoms with E-state index in [1.165, 1.54) is 205 Å². The molecule has 0 aromatic rings. The van der Waals surface area contributed by atoms with Crippen LogP contribution in [-0.2, 0) is 27.9 Å². The van der Waals surface area contributed by atoms with E-state index >= 15 is 0 Å². The lowest BCUT2D eigenvalue weighted by Crippen LogP contribution is -2.28. The minimum Gasteiger partial charge on any atom is -0.457 e. The summed E-state index contributed by atoms with van der Waals surface area (Å²) in [4.78, 5) is 22.6. The zero-order valence-electron chi connectivity index (χ0n) is 40.4. The van der Waals surface area contributed by atoms with Gasteiger partial charge in [-0.3, -0.25) is 13.8 Å². The van der Waals surface area contributed by atoms with E-state index in [1.54, 1.807) is 0 Å². The second-order valence-electron chi connectivity index (χ2n) is 17.7. The molecule has 0 aliphatic heterocycles. The number of allylic oxidation sites excluding steroid dienone is 4. The molecule has 0 spiro atoms. The number of hydrogen-bond donors (Lipinski definition) is 2. The number of esters is 1. The summed E-state index contributed by atoms with van der Waals surface area (Å²) in [5.74, 6) is -0.324. The molecule has 0 rings (SSSR count). The van der Waals surface area contributed by atoms with Gasteiger partial charge in [0.05, 0.1) is 19.8 Å². The Labute approximate surface area is 378 Å². The highest BCUT2D eigenvalue weighted by atomic mass is 31.2. The van der Waals surface area contributed by atoms with Crippen molar-refractivity contribution in [1.82, 2.24) is 0 Å². The van der Waals surface area contributed by atoms with E-state index in [1.807, 2.05) is 0 Å². The number of hydrogen-bond acceptors (Lipinski definition) is 7. The molecule has 8 nitrogen and oxygen atoms in total. The first-order chi connectivity index (χ1) is 29.9. The molecule has 0 aliphatic carbocycles. The Balaban J connectivity index is 3.89. The van der Waals surface area contributed by atoms with Crippen LogP contribution in [0.2, 0.25) is 0 Å². The van der Waals surface area contributed by atoms with Crippen LogP contribution in [0.15, 0.2) is 24.3 Å². The van der Waals surface area contributed by atoms with Crippen molar-refractivity contribution in [3.05, 3.63) is 24.3 Å². The summed E-state index contributed by atoms with van der Waals surface area (Å²) in [7, 11) is -4.28. The maximum Gasteiger partial charge on any atom is 0.472 e. The molecule has 362 valence electrons. The van der Waals surface area contributed by atoms with Crippen LogP contribution in [-0.4, -0.2) is 49.9 Å². The van der Waals surface area contributed by atoms with Gasteiger partial charge < -0.3 is 20.1 Å². The lowest BCUT2D eigenvalue weighted by molar-refractivity contribution is -0.154. The number of unbranched alkanes of at least 4 members (excludes halogenated alkanes) is 34. The number of phosphoric ester groups is 1. The number of rotatable bonds is 51. The Kier molecular flexibility index (Phi) is 49.2. The molecule has 3 N–H and O–H groups in total. The molecule has 9 heteroatoms. The Morgan fingerprint density at radius 1 is 0.492 bits per heavy atom. The van der Waals surface area contributed by atoms with E-state index < -0.39 is 13.9 Å². The fraction of sp³-hybridized carbons (Fsp3) is 0.904. The molecular formula is C52H102NO7P. The van der Waals surface area contributed by atoms with E-state index in [0.717, 1.165) is 38.5 Å². The van der Waals surface area contributed by atoms with Crippen LogP contribution < -0.4 is 5.73 Å². The molecule has 0 aromatic carbocycles. The van der Waals surface area contributed by atoms with Gasteiger partial charge in [0.15, 0.2) is 0 Å². The molecule has 61 heavy (non-hydrogen) atoms. The summed E-state index contributed by atoms with van der Waals surface area (Å²) in [6.45, 7) is 4.97. The second kappa shape index (κ2) is 50.0. The molecule has 0 fully saturated rings. The van der Waals surface area contributed by atoms with E-state index in [0.29, 0.717) is 13.0 Å². The number of carbonyl (C=O) groups excluding carboxylic acids is 1. The smallest absolute Gasteiger partial charge is 0.457 e. The standard InChI is InChI=1S/C52H102NO7P/c1-3-5-7-9-11-13-15-17-19-21-23-24-25-26-27-28-30-32-34-36-38-40-42-44-47-57-49-51(50-59-61(55,56)58-48-46-53)60-52(54)45-43-41-39-37-35-33-31-29-22-20-18-16-14-12-10-8-6-4-2/h15,17,21,23,51H,3-14,16,18-20,22,24-50,53H2,1-2H3,(H,55,56)/b17-15-,23-21-. The molecule has 0 heterocycles. The van der Waals surface area contributed by atoms with Crippen LogP contribution in [0.1, 0.15) is 264 Å². The number of phosphoric acid groups is 1. The first-order valence-corrected chi connectivity index (χ1v) is 27.8. The van der Waals surface area contributed by atoms with Crippen molar-refractivity contribution in [3.63, 3.8) is 0 Å². The van der Waals surface area contributed by atoms with Crippen LogP contribution in [0.25, 0.3) is 0 Å². The molecule has 0 aliphatic rings.